The maximum atomic E-state index is 11.9. The van der Waals surface area contributed by atoms with Crippen LogP contribution in [0.2, 0.25) is 5.02 Å². The van der Waals surface area contributed by atoms with Crippen molar-refractivity contribution in [1.29, 1.82) is 0 Å². The summed E-state index contributed by atoms with van der Waals surface area (Å²) >= 11 is 5.77. The molecule has 0 aliphatic carbocycles. The number of sulfone groups is 1. The number of esters is 1. The Morgan fingerprint density at radius 2 is 1.81 bits per heavy atom. The zero-order valence-electron chi connectivity index (χ0n) is 11.2. The standard InChI is InChI=1S/C15H13ClO4S/c1-21(18,19)14-4-2-3-12(9-14)15(17)20-10-11-5-7-13(16)8-6-11/h2-9H,10H2,1H3. The molecule has 2 aromatic carbocycles. The van der Waals surface area contributed by atoms with Crippen LogP contribution in [-0.2, 0) is 21.2 Å². The summed E-state index contributed by atoms with van der Waals surface area (Å²) in [5.41, 5.74) is 0.999. The Hall–Kier alpha value is -1.85. The third-order valence-electron chi connectivity index (χ3n) is 2.78. The van der Waals surface area contributed by atoms with Crippen molar-refractivity contribution in [3.05, 3.63) is 64.7 Å². The Morgan fingerprint density at radius 3 is 2.43 bits per heavy atom. The van der Waals surface area contributed by atoms with E-state index < -0.39 is 15.8 Å². The van der Waals surface area contributed by atoms with Gasteiger partial charge in [-0.05, 0) is 35.9 Å². The lowest BCUT2D eigenvalue weighted by Crippen LogP contribution is -2.07. The highest BCUT2D eigenvalue weighted by Gasteiger charge is 2.12. The molecular weight excluding hydrogens is 312 g/mol. The average molecular weight is 325 g/mol. The lowest BCUT2D eigenvalue weighted by molar-refractivity contribution is 0.0472. The van der Waals surface area contributed by atoms with Crippen LogP contribution in [0.25, 0.3) is 0 Å². The summed E-state index contributed by atoms with van der Waals surface area (Å²) in [6.07, 6.45) is 1.09. The minimum absolute atomic E-state index is 0.0865. The fourth-order valence-electron chi connectivity index (χ4n) is 1.67. The Bertz CT molecular complexity index is 751. The Balaban J connectivity index is 2.08. The van der Waals surface area contributed by atoms with Crippen molar-refractivity contribution in [3.63, 3.8) is 0 Å². The number of hydrogen-bond acceptors (Lipinski definition) is 4. The third kappa shape index (κ3) is 4.31. The van der Waals surface area contributed by atoms with Crippen LogP contribution < -0.4 is 0 Å². The molecule has 0 spiro atoms. The van der Waals surface area contributed by atoms with Gasteiger partial charge in [-0.1, -0.05) is 29.8 Å². The fraction of sp³-hybridized carbons (Fsp3) is 0.133. The molecule has 0 fully saturated rings. The van der Waals surface area contributed by atoms with Gasteiger partial charge in [0.15, 0.2) is 9.84 Å². The number of ether oxygens (including phenoxy) is 1. The predicted octanol–water partition coefficient (Wildman–Crippen LogP) is 3.10. The van der Waals surface area contributed by atoms with E-state index in [1.807, 2.05) is 0 Å². The van der Waals surface area contributed by atoms with E-state index >= 15 is 0 Å². The number of hydrogen-bond donors (Lipinski definition) is 0. The maximum Gasteiger partial charge on any atom is 0.338 e. The van der Waals surface area contributed by atoms with Gasteiger partial charge in [-0.15, -0.1) is 0 Å². The minimum atomic E-state index is -3.35. The summed E-state index contributed by atoms with van der Waals surface area (Å²) < 4.78 is 28.1. The lowest BCUT2D eigenvalue weighted by Gasteiger charge is -2.06. The monoisotopic (exact) mass is 324 g/mol. The van der Waals surface area contributed by atoms with Crippen molar-refractivity contribution in [2.75, 3.05) is 6.26 Å². The van der Waals surface area contributed by atoms with Crippen LogP contribution in [0.5, 0.6) is 0 Å². The molecule has 6 heteroatoms. The molecule has 110 valence electrons. The molecule has 2 aromatic rings. The summed E-state index contributed by atoms with van der Waals surface area (Å²) in [6, 6.07) is 12.7. The van der Waals surface area contributed by atoms with Crippen molar-refractivity contribution in [2.45, 2.75) is 11.5 Å². The van der Waals surface area contributed by atoms with Gasteiger partial charge in [-0.25, -0.2) is 13.2 Å². The van der Waals surface area contributed by atoms with Gasteiger partial charge in [0.2, 0.25) is 0 Å². The summed E-state index contributed by atoms with van der Waals surface area (Å²) in [7, 11) is -3.35. The molecule has 0 heterocycles. The SMILES string of the molecule is CS(=O)(=O)c1cccc(C(=O)OCc2ccc(Cl)cc2)c1. The van der Waals surface area contributed by atoms with E-state index in [0.29, 0.717) is 5.02 Å². The number of carbonyl (C=O) groups is 1. The predicted molar refractivity (Wildman–Crippen MR) is 80.1 cm³/mol. The molecule has 0 amide bonds. The average Bonchev–Trinajstić information content (AvgIpc) is 2.45. The van der Waals surface area contributed by atoms with Crippen molar-refractivity contribution in [1.82, 2.24) is 0 Å². The molecule has 0 unspecified atom stereocenters. The van der Waals surface area contributed by atoms with E-state index in [1.165, 1.54) is 24.3 Å². The van der Waals surface area contributed by atoms with E-state index in [0.717, 1.165) is 11.8 Å². The molecule has 0 radical (unpaired) electrons. The summed E-state index contributed by atoms with van der Waals surface area (Å²) in [5.74, 6) is -0.574. The zero-order valence-corrected chi connectivity index (χ0v) is 12.8. The molecular formula is C15H13ClO4S. The third-order valence-corrected chi connectivity index (χ3v) is 4.14. The summed E-state index contributed by atoms with van der Waals surface area (Å²) in [6.45, 7) is 0.0963. The second-order valence-corrected chi connectivity index (χ2v) is 6.95. The zero-order chi connectivity index (χ0) is 15.5. The molecule has 0 N–H and O–H groups in total. The highest BCUT2D eigenvalue weighted by atomic mass is 35.5. The molecule has 2 rings (SSSR count). The smallest absolute Gasteiger partial charge is 0.338 e. The van der Waals surface area contributed by atoms with Crippen LogP contribution in [0, 0.1) is 0 Å². The van der Waals surface area contributed by atoms with E-state index in [-0.39, 0.29) is 17.1 Å². The fourth-order valence-corrected chi connectivity index (χ4v) is 2.46. The Kier molecular flexibility index (Phi) is 4.65. The molecule has 4 nitrogen and oxygen atoms in total. The van der Waals surface area contributed by atoms with Gasteiger partial charge >= 0.3 is 5.97 Å². The topological polar surface area (TPSA) is 60.4 Å². The van der Waals surface area contributed by atoms with Gasteiger partial charge in [-0.3, -0.25) is 0 Å². The van der Waals surface area contributed by atoms with Crippen molar-refractivity contribution >= 4 is 27.4 Å². The first kappa shape index (κ1) is 15.5. The van der Waals surface area contributed by atoms with E-state index in [2.05, 4.69) is 0 Å². The van der Waals surface area contributed by atoms with Crippen LogP contribution >= 0.6 is 11.6 Å². The quantitative estimate of drug-likeness (QED) is 0.811. The number of rotatable bonds is 4. The molecule has 0 bridgehead atoms. The minimum Gasteiger partial charge on any atom is -0.457 e. The maximum absolute atomic E-state index is 11.9. The normalized spacial score (nSPS) is 11.1. The van der Waals surface area contributed by atoms with Gasteiger partial charge in [0.25, 0.3) is 0 Å². The lowest BCUT2D eigenvalue weighted by atomic mass is 10.2. The van der Waals surface area contributed by atoms with Gasteiger partial charge in [0, 0.05) is 11.3 Å². The number of carbonyl (C=O) groups excluding carboxylic acids is 1. The van der Waals surface area contributed by atoms with Gasteiger partial charge in [0.1, 0.15) is 6.61 Å². The van der Waals surface area contributed by atoms with E-state index in [9.17, 15) is 13.2 Å². The second-order valence-electron chi connectivity index (χ2n) is 4.50. The number of benzene rings is 2. The Morgan fingerprint density at radius 1 is 1.14 bits per heavy atom. The van der Waals surface area contributed by atoms with Crippen LogP contribution in [0.1, 0.15) is 15.9 Å². The van der Waals surface area contributed by atoms with Gasteiger partial charge in [-0.2, -0.15) is 0 Å². The first-order valence-electron chi connectivity index (χ1n) is 6.08. The molecule has 21 heavy (non-hydrogen) atoms. The molecule has 0 saturated heterocycles. The van der Waals surface area contributed by atoms with Crippen molar-refractivity contribution in [3.8, 4) is 0 Å². The van der Waals surface area contributed by atoms with E-state index in [1.54, 1.807) is 24.3 Å². The Labute approximate surface area is 128 Å². The van der Waals surface area contributed by atoms with Crippen molar-refractivity contribution in [2.24, 2.45) is 0 Å². The molecule has 0 saturated carbocycles. The highest BCUT2D eigenvalue weighted by molar-refractivity contribution is 7.90. The molecule has 0 atom stereocenters. The highest BCUT2D eigenvalue weighted by Crippen LogP contribution is 2.14. The van der Waals surface area contributed by atoms with Gasteiger partial charge in [0.05, 0.1) is 10.5 Å². The number of halogens is 1. The van der Waals surface area contributed by atoms with E-state index in [4.69, 9.17) is 16.3 Å². The van der Waals surface area contributed by atoms with Crippen LogP contribution in [0.4, 0.5) is 0 Å². The van der Waals surface area contributed by atoms with Crippen LogP contribution in [0.3, 0.4) is 0 Å². The van der Waals surface area contributed by atoms with Crippen LogP contribution in [0.15, 0.2) is 53.4 Å². The summed E-state index contributed by atoms with van der Waals surface area (Å²) in [5, 5.41) is 0.603. The molecule has 0 aromatic heterocycles. The largest absolute Gasteiger partial charge is 0.457 e. The molecule has 0 aliphatic rings. The van der Waals surface area contributed by atoms with Crippen molar-refractivity contribution < 1.29 is 17.9 Å². The first-order chi connectivity index (χ1) is 9.86. The second kappa shape index (κ2) is 6.28. The molecule has 0 aliphatic heterocycles. The summed E-state index contributed by atoms with van der Waals surface area (Å²) in [4.78, 5) is 12.0. The van der Waals surface area contributed by atoms with Gasteiger partial charge < -0.3 is 4.74 Å². The van der Waals surface area contributed by atoms with Crippen LogP contribution in [-0.4, -0.2) is 20.6 Å². The first-order valence-corrected chi connectivity index (χ1v) is 8.35.